The maximum Gasteiger partial charge on any atom is 0.338 e. The number of nitrogens with one attached hydrogen (secondary N) is 1. The van der Waals surface area contributed by atoms with Gasteiger partial charge < -0.3 is 15.0 Å². The molecular weight excluding hydrogens is 356 g/mol. The third-order valence-electron chi connectivity index (χ3n) is 4.46. The molecule has 2 heterocycles. The Kier molecular flexibility index (Phi) is 6.60. The molecule has 1 saturated heterocycles. The van der Waals surface area contributed by atoms with Gasteiger partial charge in [0, 0.05) is 38.1 Å². The van der Waals surface area contributed by atoms with Gasteiger partial charge >= 0.3 is 5.97 Å². The lowest BCUT2D eigenvalue weighted by Gasteiger charge is -2.34. The Hall–Kier alpha value is -2.93. The van der Waals surface area contributed by atoms with Gasteiger partial charge in [0.05, 0.1) is 18.2 Å². The standard InChI is InChI=1S/C21H26N4O3/c1-16(2)28-21(27)17-6-8-18(9-7-17)23-20(26)15-24-11-13-25(14-12-24)19-5-3-4-10-22-19/h3-10,16H,11-15H2,1-2H3,(H,23,26). The van der Waals surface area contributed by atoms with Gasteiger partial charge in [-0.05, 0) is 50.2 Å². The predicted octanol–water partition coefficient (Wildman–Crippen LogP) is 2.41. The van der Waals surface area contributed by atoms with Crippen LogP contribution in [0.15, 0.2) is 48.7 Å². The predicted molar refractivity (Wildman–Crippen MR) is 109 cm³/mol. The van der Waals surface area contributed by atoms with E-state index in [1.165, 1.54) is 0 Å². The lowest BCUT2D eigenvalue weighted by Crippen LogP contribution is -2.48. The molecule has 3 rings (SSSR count). The summed E-state index contributed by atoms with van der Waals surface area (Å²) in [6.07, 6.45) is 1.63. The zero-order valence-electron chi connectivity index (χ0n) is 16.3. The summed E-state index contributed by atoms with van der Waals surface area (Å²) in [5, 5.41) is 2.88. The van der Waals surface area contributed by atoms with Crippen LogP contribution < -0.4 is 10.2 Å². The van der Waals surface area contributed by atoms with E-state index in [4.69, 9.17) is 4.74 Å². The topological polar surface area (TPSA) is 74.8 Å². The Balaban J connectivity index is 1.45. The van der Waals surface area contributed by atoms with Gasteiger partial charge in [-0.2, -0.15) is 0 Å². The number of carbonyl (C=O) groups excluding carboxylic acids is 2. The molecule has 1 aromatic heterocycles. The quantitative estimate of drug-likeness (QED) is 0.774. The van der Waals surface area contributed by atoms with Crippen LogP contribution in [0.25, 0.3) is 0 Å². The normalized spacial score (nSPS) is 14.8. The number of esters is 1. The molecule has 1 amide bonds. The van der Waals surface area contributed by atoms with Crippen LogP contribution in [0.3, 0.4) is 0 Å². The summed E-state index contributed by atoms with van der Waals surface area (Å²) < 4.78 is 5.16. The number of piperazine rings is 1. The first-order valence-electron chi connectivity index (χ1n) is 9.50. The summed E-state index contributed by atoms with van der Waals surface area (Å²) in [7, 11) is 0. The number of hydrogen-bond acceptors (Lipinski definition) is 6. The van der Waals surface area contributed by atoms with E-state index in [0.29, 0.717) is 17.8 Å². The fourth-order valence-corrected chi connectivity index (χ4v) is 3.05. The van der Waals surface area contributed by atoms with Gasteiger partial charge in [0.15, 0.2) is 0 Å². The van der Waals surface area contributed by atoms with Gasteiger partial charge in [0.1, 0.15) is 5.82 Å². The van der Waals surface area contributed by atoms with E-state index >= 15 is 0 Å². The smallest absolute Gasteiger partial charge is 0.338 e. The van der Waals surface area contributed by atoms with E-state index < -0.39 is 0 Å². The minimum Gasteiger partial charge on any atom is -0.459 e. The first kappa shape index (κ1) is 19.8. The molecule has 1 aliphatic heterocycles. The molecule has 2 aromatic rings. The molecule has 0 atom stereocenters. The van der Waals surface area contributed by atoms with E-state index in [9.17, 15) is 9.59 Å². The Morgan fingerprint density at radius 3 is 2.39 bits per heavy atom. The van der Waals surface area contributed by atoms with Crippen molar-refractivity contribution in [2.75, 3.05) is 42.9 Å². The molecule has 0 unspecified atom stereocenters. The van der Waals surface area contributed by atoms with Gasteiger partial charge in [0.2, 0.25) is 5.91 Å². The maximum atomic E-state index is 12.3. The highest BCUT2D eigenvalue weighted by molar-refractivity contribution is 5.94. The van der Waals surface area contributed by atoms with Gasteiger partial charge in [-0.3, -0.25) is 9.69 Å². The summed E-state index contributed by atoms with van der Waals surface area (Å²) in [5.41, 5.74) is 1.13. The van der Waals surface area contributed by atoms with Crippen LogP contribution in [0.5, 0.6) is 0 Å². The van der Waals surface area contributed by atoms with Crippen LogP contribution in [0.1, 0.15) is 24.2 Å². The number of aromatic nitrogens is 1. The molecule has 0 aliphatic carbocycles. The molecule has 28 heavy (non-hydrogen) atoms. The highest BCUT2D eigenvalue weighted by atomic mass is 16.5. The Morgan fingerprint density at radius 1 is 1.07 bits per heavy atom. The zero-order valence-corrected chi connectivity index (χ0v) is 16.3. The minimum absolute atomic E-state index is 0.0659. The van der Waals surface area contributed by atoms with Crippen molar-refractivity contribution >= 4 is 23.4 Å². The summed E-state index contributed by atoms with van der Waals surface area (Å²) in [5.74, 6) is 0.546. The molecular formula is C21H26N4O3. The third-order valence-corrected chi connectivity index (χ3v) is 4.46. The van der Waals surface area contributed by atoms with Crippen LogP contribution in [-0.2, 0) is 9.53 Å². The summed E-state index contributed by atoms with van der Waals surface area (Å²) in [4.78, 5) is 32.9. The van der Waals surface area contributed by atoms with Gasteiger partial charge in [-0.1, -0.05) is 6.07 Å². The fraction of sp³-hybridized carbons (Fsp3) is 0.381. The maximum absolute atomic E-state index is 12.3. The minimum atomic E-state index is -0.362. The summed E-state index contributed by atoms with van der Waals surface area (Å²) in [6, 6.07) is 12.6. The number of anilines is 2. The average Bonchev–Trinajstić information content (AvgIpc) is 2.69. The first-order chi connectivity index (χ1) is 13.5. The molecule has 7 heteroatoms. The third kappa shape index (κ3) is 5.53. The van der Waals surface area contributed by atoms with Crippen LogP contribution in [0.4, 0.5) is 11.5 Å². The van der Waals surface area contributed by atoms with E-state index in [1.54, 1.807) is 30.5 Å². The highest BCUT2D eigenvalue weighted by Gasteiger charge is 2.19. The van der Waals surface area contributed by atoms with Crippen molar-refractivity contribution in [3.63, 3.8) is 0 Å². The van der Waals surface area contributed by atoms with Crippen molar-refractivity contribution in [1.82, 2.24) is 9.88 Å². The Morgan fingerprint density at radius 2 is 1.79 bits per heavy atom. The zero-order chi connectivity index (χ0) is 19.9. The number of benzene rings is 1. The van der Waals surface area contributed by atoms with Gasteiger partial charge in [-0.25, -0.2) is 9.78 Å². The second kappa shape index (κ2) is 9.32. The molecule has 0 spiro atoms. The van der Waals surface area contributed by atoms with Crippen LogP contribution in [0.2, 0.25) is 0 Å². The number of hydrogen-bond donors (Lipinski definition) is 1. The van der Waals surface area contributed by atoms with Crippen molar-refractivity contribution in [3.8, 4) is 0 Å². The largest absolute Gasteiger partial charge is 0.459 e. The van der Waals surface area contributed by atoms with E-state index in [-0.39, 0.29) is 18.0 Å². The molecule has 0 radical (unpaired) electrons. The molecule has 1 aromatic carbocycles. The Labute approximate surface area is 165 Å². The van der Waals surface area contributed by atoms with Crippen molar-refractivity contribution in [2.24, 2.45) is 0 Å². The number of pyridine rings is 1. The van der Waals surface area contributed by atoms with E-state index in [2.05, 4.69) is 20.1 Å². The van der Waals surface area contributed by atoms with Gasteiger partial charge in [-0.15, -0.1) is 0 Å². The van der Waals surface area contributed by atoms with Crippen LogP contribution in [0, 0.1) is 0 Å². The number of rotatable bonds is 6. The molecule has 0 saturated carbocycles. The molecule has 7 nitrogen and oxygen atoms in total. The number of amides is 1. The van der Waals surface area contributed by atoms with E-state index in [0.717, 1.165) is 32.0 Å². The number of ether oxygens (including phenoxy) is 1. The summed E-state index contributed by atoms with van der Waals surface area (Å²) >= 11 is 0. The van der Waals surface area contributed by atoms with Crippen molar-refractivity contribution in [1.29, 1.82) is 0 Å². The Bertz CT molecular complexity index is 785. The van der Waals surface area contributed by atoms with Crippen molar-refractivity contribution < 1.29 is 14.3 Å². The first-order valence-corrected chi connectivity index (χ1v) is 9.50. The fourth-order valence-electron chi connectivity index (χ4n) is 3.05. The monoisotopic (exact) mass is 382 g/mol. The van der Waals surface area contributed by atoms with Gasteiger partial charge in [0.25, 0.3) is 0 Å². The van der Waals surface area contributed by atoms with Crippen molar-refractivity contribution in [2.45, 2.75) is 20.0 Å². The van der Waals surface area contributed by atoms with Crippen LogP contribution >= 0.6 is 0 Å². The molecule has 1 N–H and O–H groups in total. The lowest BCUT2D eigenvalue weighted by molar-refractivity contribution is -0.117. The highest BCUT2D eigenvalue weighted by Crippen LogP contribution is 2.14. The average molecular weight is 382 g/mol. The SMILES string of the molecule is CC(C)OC(=O)c1ccc(NC(=O)CN2CCN(c3ccccn3)CC2)cc1. The molecule has 1 fully saturated rings. The second-order valence-electron chi connectivity index (χ2n) is 7.03. The number of carbonyl (C=O) groups is 2. The molecule has 148 valence electrons. The molecule has 0 bridgehead atoms. The summed E-state index contributed by atoms with van der Waals surface area (Å²) in [6.45, 7) is 7.26. The van der Waals surface area contributed by atoms with Crippen LogP contribution in [-0.4, -0.2) is 60.6 Å². The van der Waals surface area contributed by atoms with Crippen molar-refractivity contribution in [3.05, 3.63) is 54.2 Å². The second-order valence-corrected chi connectivity index (χ2v) is 7.03. The van der Waals surface area contributed by atoms with E-state index in [1.807, 2.05) is 32.0 Å². The lowest BCUT2D eigenvalue weighted by atomic mass is 10.2. The number of nitrogens with zero attached hydrogens (tertiary/aromatic N) is 3. The molecule has 1 aliphatic rings.